The zero-order chi connectivity index (χ0) is 9.97. The van der Waals surface area contributed by atoms with Gasteiger partial charge in [0.15, 0.2) is 0 Å². The smallest absolute Gasteiger partial charge is 0.107 e. The minimum atomic E-state index is 0.689. The number of hydrogen-bond donors (Lipinski definition) is 1. The van der Waals surface area contributed by atoms with Gasteiger partial charge in [-0.1, -0.05) is 13.8 Å². The molecule has 1 heterocycles. The van der Waals surface area contributed by atoms with Crippen LogP contribution in [0.25, 0.3) is 0 Å². The van der Waals surface area contributed by atoms with Crippen molar-refractivity contribution in [1.29, 1.82) is 0 Å². The summed E-state index contributed by atoms with van der Waals surface area (Å²) in [6, 6.07) is 4.26. The molecule has 78 valence electrons. The highest BCUT2D eigenvalue weighted by molar-refractivity contribution is 5.18. The fourth-order valence-electron chi connectivity index (χ4n) is 1.94. The second-order valence-corrected chi connectivity index (χ2v) is 4.07. The maximum Gasteiger partial charge on any atom is 0.107 e. The molecule has 0 radical (unpaired) electrons. The molecular formula is C12H19NO. The van der Waals surface area contributed by atoms with Crippen molar-refractivity contribution < 1.29 is 4.42 Å². The van der Waals surface area contributed by atoms with Crippen LogP contribution in [-0.2, 0) is 6.42 Å². The summed E-state index contributed by atoms with van der Waals surface area (Å²) in [5, 5.41) is 3.39. The topological polar surface area (TPSA) is 25.2 Å². The van der Waals surface area contributed by atoms with E-state index < -0.39 is 0 Å². The third kappa shape index (κ3) is 2.01. The van der Waals surface area contributed by atoms with Crippen molar-refractivity contribution in [2.75, 3.05) is 13.1 Å². The Morgan fingerprint density at radius 1 is 1.43 bits per heavy atom. The quantitative estimate of drug-likeness (QED) is 0.777. The van der Waals surface area contributed by atoms with Crippen LogP contribution in [0.5, 0.6) is 0 Å². The summed E-state index contributed by atoms with van der Waals surface area (Å²) in [6.45, 7) is 6.50. The van der Waals surface area contributed by atoms with Crippen LogP contribution in [-0.4, -0.2) is 13.1 Å². The van der Waals surface area contributed by atoms with Crippen molar-refractivity contribution in [3.8, 4) is 0 Å². The SMILES string of the molecule is CCNCC1CC1c1ccc(CC)o1. The molecule has 0 spiro atoms. The lowest BCUT2D eigenvalue weighted by molar-refractivity contribution is 0.462. The lowest BCUT2D eigenvalue weighted by Gasteiger charge is -1.98. The number of nitrogens with one attached hydrogen (secondary N) is 1. The Balaban J connectivity index is 1.86. The van der Waals surface area contributed by atoms with Gasteiger partial charge < -0.3 is 9.73 Å². The zero-order valence-corrected chi connectivity index (χ0v) is 9.05. The van der Waals surface area contributed by atoms with E-state index in [1.165, 1.54) is 12.2 Å². The molecule has 2 nitrogen and oxygen atoms in total. The van der Waals surface area contributed by atoms with Crippen molar-refractivity contribution in [3.05, 3.63) is 23.7 Å². The summed E-state index contributed by atoms with van der Waals surface area (Å²) >= 11 is 0. The highest BCUT2D eigenvalue weighted by Crippen LogP contribution is 2.47. The first kappa shape index (κ1) is 9.78. The Kier molecular flexibility index (Phi) is 2.92. The molecule has 0 aromatic carbocycles. The molecule has 0 bridgehead atoms. The maximum absolute atomic E-state index is 5.74. The van der Waals surface area contributed by atoms with Crippen molar-refractivity contribution in [1.82, 2.24) is 5.32 Å². The fraction of sp³-hybridized carbons (Fsp3) is 0.667. The van der Waals surface area contributed by atoms with E-state index in [4.69, 9.17) is 4.42 Å². The van der Waals surface area contributed by atoms with Crippen LogP contribution >= 0.6 is 0 Å². The monoisotopic (exact) mass is 193 g/mol. The fourth-order valence-corrected chi connectivity index (χ4v) is 1.94. The molecule has 1 fully saturated rings. The number of aryl methyl sites for hydroxylation is 1. The average Bonchev–Trinajstić information content (AvgIpc) is 2.82. The first-order chi connectivity index (χ1) is 6.85. The summed E-state index contributed by atoms with van der Waals surface area (Å²) in [6.07, 6.45) is 2.30. The summed E-state index contributed by atoms with van der Waals surface area (Å²) in [5.74, 6) is 3.82. The summed E-state index contributed by atoms with van der Waals surface area (Å²) < 4.78 is 5.74. The number of hydrogen-bond acceptors (Lipinski definition) is 2. The summed E-state index contributed by atoms with van der Waals surface area (Å²) in [4.78, 5) is 0. The predicted octanol–water partition coefficient (Wildman–Crippen LogP) is 2.56. The first-order valence-electron chi connectivity index (χ1n) is 5.64. The lowest BCUT2D eigenvalue weighted by atomic mass is 10.2. The second-order valence-electron chi connectivity index (χ2n) is 4.07. The van der Waals surface area contributed by atoms with E-state index in [1.54, 1.807) is 0 Å². The molecule has 1 saturated carbocycles. The van der Waals surface area contributed by atoms with E-state index >= 15 is 0 Å². The molecule has 2 unspecified atom stereocenters. The van der Waals surface area contributed by atoms with Gasteiger partial charge in [0.25, 0.3) is 0 Å². The number of furan rings is 1. The standard InChI is InChI=1S/C12H19NO/c1-3-10-5-6-12(14-10)11-7-9(11)8-13-4-2/h5-6,9,11,13H,3-4,7-8H2,1-2H3. The molecule has 0 amide bonds. The van der Waals surface area contributed by atoms with Gasteiger partial charge in [0.2, 0.25) is 0 Å². The van der Waals surface area contributed by atoms with Gasteiger partial charge in [-0.15, -0.1) is 0 Å². The second kappa shape index (κ2) is 4.18. The van der Waals surface area contributed by atoms with Gasteiger partial charge in [0.1, 0.15) is 11.5 Å². The third-order valence-electron chi connectivity index (χ3n) is 2.98. The largest absolute Gasteiger partial charge is 0.466 e. The molecular weight excluding hydrogens is 174 g/mol. The minimum absolute atomic E-state index is 0.689. The Bertz CT molecular complexity index is 292. The van der Waals surface area contributed by atoms with Gasteiger partial charge in [-0.3, -0.25) is 0 Å². The maximum atomic E-state index is 5.74. The van der Waals surface area contributed by atoms with Crippen molar-refractivity contribution in [3.63, 3.8) is 0 Å². The molecule has 1 aliphatic rings. The lowest BCUT2D eigenvalue weighted by Crippen LogP contribution is -2.16. The van der Waals surface area contributed by atoms with Gasteiger partial charge in [0.05, 0.1) is 0 Å². The average molecular weight is 193 g/mol. The highest BCUT2D eigenvalue weighted by Gasteiger charge is 2.39. The summed E-state index contributed by atoms with van der Waals surface area (Å²) in [7, 11) is 0. The zero-order valence-electron chi connectivity index (χ0n) is 9.05. The van der Waals surface area contributed by atoms with Crippen LogP contribution in [0.1, 0.15) is 37.7 Å². The third-order valence-corrected chi connectivity index (χ3v) is 2.98. The van der Waals surface area contributed by atoms with Crippen LogP contribution < -0.4 is 5.32 Å². The van der Waals surface area contributed by atoms with Gasteiger partial charge in [-0.25, -0.2) is 0 Å². The van der Waals surface area contributed by atoms with E-state index in [2.05, 4.69) is 31.3 Å². The Morgan fingerprint density at radius 3 is 2.93 bits per heavy atom. The van der Waals surface area contributed by atoms with Gasteiger partial charge in [-0.05, 0) is 37.6 Å². The van der Waals surface area contributed by atoms with E-state index in [0.717, 1.165) is 31.2 Å². The van der Waals surface area contributed by atoms with E-state index in [0.29, 0.717) is 5.92 Å². The molecule has 0 aliphatic heterocycles. The molecule has 14 heavy (non-hydrogen) atoms. The molecule has 2 atom stereocenters. The predicted molar refractivity (Wildman–Crippen MR) is 57.5 cm³/mol. The van der Waals surface area contributed by atoms with Crippen LogP contribution in [0.3, 0.4) is 0 Å². The molecule has 1 aliphatic carbocycles. The van der Waals surface area contributed by atoms with Gasteiger partial charge in [-0.2, -0.15) is 0 Å². The van der Waals surface area contributed by atoms with Crippen molar-refractivity contribution >= 4 is 0 Å². The summed E-state index contributed by atoms with van der Waals surface area (Å²) in [5.41, 5.74) is 0. The van der Waals surface area contributed by atoms with E-state index in [9.17, 15) is 0 Å². The Labute approximate surface area is 85.7 Å². The Morgan fingerprint density at radius 2 is 2.29 bits per heavy atom. The molecule has 2 heteroatoms. The molecule has 0 saturated heterocycles. The minimum Gasteiger partial charge on any atom is -0.466 e. The van der Waals surface area contributed by atoms with Gasteiger partial charge in [0, 0.05) is 12.3 Å². The van der Waals surface area contributed by atoms with E-state index in [-0.39, 0.29) is 0 Å². The number of rotatable bonds is 5. The first-order valence-corrected chi connectivity index (χ1v) is 5.64. The molecule has 1 N–H and O–H groups in total. The van der Waals surface area contributed by atoms with Crippen LogP contribution in [0, 0.1) is 5.92 Å². The van der Waals surface area contributed by atoms with Crippen molar-refractivity contribution in [2.24, 2.45) is 5.92 Å². The van der Waals surface area contributed by atoms with Gasteiger partial charge >= 0.3 is 0 Å². The van der Waals surface area contributed by atoms with Crippen molar-refractivity contribution in [2.45, 2.75) is 32.6 Å². The van der Waals surface area contributed by atoms with E-state index in [1.807, 2.05) is 0 Å². The Hall–Kier alpha value is -0.760. The molecule has 1 aromatic rings. The van der Waals surface area contributed by atoms with Crippen LogP contribution in [0.4, 0.5) is 0 Å². The highest BCUT2D eigenvalue weighted by atomic mass is 16.3. The van der Waals surface area contributed by atoms with Crippen LogP contribution in [0.2, 0.25) is 0 Å². The van der Waals surface area contributed by atoms with Crippen LogP contribution in [0.15, 0.2) is 16.5 Å². The normalized spacial score (nSPS) is 25.3. The molecule has 2 rings (SSSR count). The molecule has 1 aromatic heterocycles.